The number of alkyl halides is 1. The predicted octanol–water partition coefficient (Wildman–Crippen LogP) is 8.22. The van der Waals surface area contributed by atoms with Gasteiger partial charge in [-0.1, -0.05) is 74.4 Å². The molecule has 0 radical (unpaired) electrons. The number of hydrogen-bond donors (Lipinski definition) is 1. The van der Waals surface area contributed by atoms with Crippen LogP contribution in [0.2, 0.25) is 0 Å². The van der Waals surface area contributed by atoms with E-state index in [1.54, 1.807) is 30.3 Å². The van der Waals surface area contributed by atoms with Crippen LogP contribution < -0.4 is 5.73 Å². The third kappa shape index (κ3) is 8.67. The topological polar surface area (TPSA) is 81.9 Å². The number of esters is 2. The van der Waals surface area contributed by atoms with Crippen LogP contribution >= 0.6 is 15.9 Å². The van der Waals surface area contributed by atoms with Crippen LogP contribution in [0.15, 0.2) is 71.2 Å². The highest BCUT2D eigenvalue weighted by molar-refractivity contribution is 9.10. The van der Waals surface area contributed by atoms with Crippen molar-refractivity contribution < 1.29 is 23.5 Å². The summed E-state index contributed by atoms with van der Waals surface area (Å²) < 4.78 is 26.8. The van der Waals surface area contributed by atoms with Crippen molar-refractivity contribution in [2.24, 2.45) is 0 Å². The minimum atomic E-state index is -2.25. The van der Waals surface area contributed by atoms with Crippen LogP contribution in [0.1, 0.15) is 80.3 Å². The minimum absolute atomic E-state index is 0.0948. The molecule has 1 aliphatic rings. The second-order valence-electron chi connectivity index (χ2n) is 11.3. The molecule has 3 aromatic rings. The lowest BCUT2D eigenvalue weighted by molar-refractivity contribution is -0.157. The quantitative estimate of drug-likeness (QED) is 0.107. The van der Waals surface area contributed by atoms with Gasteiger partial charge in [-0.2, -0.15) is 0 Å². The second-order valence-corrected chi connectivity index (χ2v) is 12.2. The number of halogens is 2. The number of anilines is 1. The third-order valence-electron chi connectivity index (χ3n) is 8.24. The van der Waals surface area contributed by atoms with E-state index in [0.717, 1.165) is 23.2 Å². The molecule has 4 rings (SSSR count). The number of hydrogen-bond acceptors (Lipinski definition) is 6. The summed E-state index contributed by atoms with van der Waals surface area (Å²) in [4.78, 5) is 27.7. The monoisotopic (exact) mass is 652 g/mol. The summed E-state index contributed by atoms with van der Waals surface area (Å²) in [6, 6.07) is 20.7. The van der Waals surface area contributed by atoms with Crippen LogP contribution in [0.5, 0.6) is 0 Å². The van der Waals surface area contributed by atoms with Gasteiger partial charge in [-0.3, -0.25) is 4.90 Å². The summed E-state index contributed by atoms with van der Waals surface area (Å²) in [6.45, 7) is 5.34. The molecule has 0 amide bonds. The van der Waals surface area contributed by atoms with E-state index in [9.17, 15) is 9.59 Å². The van der Waals surface area contributed by atoms with E-state index in [1.165, 1.54) is 32.6 Å². The molecule has 1 fully saturated rings. The highest BCUT2D eigenvalue weighted by Crippen LogP contribution is 2.31. The summed E-state index contributed by atoms with van der Waals surface area (Å²) >= 11 is 3.50. The Hall–Kier alpha value is -3.23. The zero-order valence-corrected chi connectivity index (χ0v) is 26.7. The van der Waals surface area contributed by atoms with Crippen molar-refractivity contribution in [1.82, 2.24) is 4.90 Å². The molecule has 2 N–H and O–H groups in total. The number of benzene rings is 3. The maximum Gasteiger partial charge on any atom is 0.348 e. The van der Waals surface area contributed by atoms with Crippen molar-refractivity contribution in [1.29, 1.82) is 0 Å². The SMILES string of the molecule is CCN(Cc1cc(C(=O)OCCCCCOC(=O)C(C)(F)c2ccc(-c3ccccc3)cc2)cc(Br)c1N)C1CCCC1. The molecule has 3 aromatic carbocycles. The Morgan fingerprint density at radius 1 is 0.953 bits per heavy atom. The van der Waals surface area contributed by atoms with Gasteiger partial charge in [0.2, 0.25) is 5.67 Å². The molecule has 1 saturated carbocycles. The fourth-order valence-corrected chi connectivity index (χ4v) is 6.07. The average Bonchev–Trinajstić information content (AvgIpc) is 3.56. The lowest BCUT2D eigenvalue weighted by Crippen LogP contribution is -2.32. The van der Waals surface area contributed by atoms with Gasteiger partial charge in [-0.15, -0.1) is 0 Å². The molecule has 8 heteroatoms. The molecule has 1 aliphatic carbocycles. The molecule has 0 spiro atoms. The molecule has 230 valence electrons. The van der Waals surface area contributed by atoms with Gasteiger partial charge in [0.05, 0.1) is 24.5 Å². The molecule has 0 bridgehead atoms. The highest BCUT2D eigenvalue weighted by atomic mass is 79.9. The zero-order chi connectivity index (χ0) is 30.8. The summed E-state index contributed by atoms with van der Waals surface area (Å²) in [5, 5.41) is 0. The van der Waals surface area contributed by atoms with Gasteiger partial charge >= 0.3 is 11.9 Å². The Balaban J connectivity index is 1.19. The summed E-state index contributed by atoms with van der Waals surface area (Å²) in [5.41, 5.74) is 8.35. The summed E-state index contributed by atoms with van der Waals surface area (Å²) in [6.07, 6.45) is 6.72. The second kappa shape index (κ2) is 15.5. The fourth-order valence-electron chi connectivity index (χ4n) is 5.56. The van der Waals surface area contributed by atoms with Crippen LogP contribution in [0.3, 0.4) is 0 Å². The molecule has 6 nitrogen and oxygen atoms in total. The van der Waals surface area contributed by atoms with E-state index >= 15 is 4.39 Å². The van der Waals surface area contributed by atoms with E-state index in [1.807, 2.05) is 36.4 Å². The summed E-state index contributed by atoms with van der Waals surface area (Å²) in [5.74, 6) is -1.31. The Morgan fingerprint density at radius 2 is 1.58 bits per heavy atom. The van der Waals surface area contributed by atoms with E-state index < -0.39 is 17.6 Å². The number of nitrogens with two attached hydrogens (primary N) is 1. The first-order chi connectivity index (χ1) is 20.7. The van der Waals surface area contributed by atoms with Gasteiger partial charge in [0, 0.05) is 22.6 Å². The minimum Gasteiger partial charge on any atom is -0.463 e. The Morgan fingerprint density at radius 3 is 2.23 bits per heavy atom. The predicted molar refractivity (Wildman–Crippen MR) is 172 cm³/mol. The number of rotatable bonds is 14. The zero-order valence-electron chi connectivity index (χ0n) is 25.1. The number of ether oxygens (including phenoxy) is 2. The van der Waals surface area contributed by atoms with Gasteiger partial charge in [0.1, 0.15) is 0 Å². The first kappa shape index (κ1) is 32.7. The largest absolute Gasteiger partial charge is 0.463 e. The first-order valence-electron chi connectivity index (χ1n) is 15.2. The number of carbonyl (C=O) groups excluding carboxylic acids is 2. The molecule has 1 unspecified atom stereocenters. The van der Waals surface area contributed by atoms with Crippen molar-refractivity contribution >= 4 is 33.6 Å². The van der Waals surface area contributed by atoms with E-state index in [0.29, 0.717) is 47.6 Å². The standard InChI is InChI=1S/C35H42BrFN2O4/c1-3-39(30-14-8-9-15-30)24-28-22-27(23-31(36)32(28)38)33(40)42-20-10-5-11-21-43-34(41)35(2,37)29-18-16-26(17-19-29)25-12-6-4-7-13-25/h4,6-7,12-13,16-19,22-23,30H,3,5,8-11,14-15,20-21,24,38H2,1-2H3. The van der Waals surface area contributed by atoms with Crippen molar-refractivity contribution in [2.45, 2.75) is 77.0 Å². The van der Waals surface area contributed by atoms with Crippen LogP contribution in [0.4, 0.5) is 10.1 Å². The molecule has 0 aliphatic heterocycles. The molecular weight excluding hydrogens is 611 g/mol. The van der Waals surface area contributed by atoms with Gasteiger partial charge in [-0.25, -0.2) is 14.0 Å². The maximum atomic E-state index is 15.3. The van der Waals surface area contributed by atoms with Gasteiger partial charge in [0.15, 0.2) is 0 Å². The molecule has 1 atom stereocenters. The van der Waals surface area contributed by atoms with Crippen molar-refractivity contribution in [3.8, 4) is 11.1 Å². The highest BCUT2D eigenvalue weighted by Gasteiger charge is 2.37. The molecule has 0 aromatic heterocycles. The van der Waals surface area contributed by atoms with Crippen LogP contribution in [0.25, 0.3) is 11.1 Å². The van der Waals surface area contributed by atoms with Crippen molar-refractivity contribution in [3.63, 3.8) is 0 Å². The number of carbonyl (C=O) groups is 2. The Kier molecular flexibility index (Phi) is 11.8. The molecule has 0 saturated heterocycles. The molecular formula is C35H42BrFN2O4. The summed E-state index contributed by atoms with van der Waals surface area (Å²) in [7, 11) is 0. The Labute approximate surface area is 262 Å². The van der Waals surface area contributed by atoms with Crippen molar-refractivity contribution in [2.75, 3.05) is 25.5 Å². The Bertz CT molecular complexity index is 1360. The van der Waals surface area contributed by atoms with E-state index in [-0.39, 0.29) is 18.8 Å². The number of nitrogens with zero attached hydrogens (tertiary/aromatic N) is 1. The van der Waals surface area contributed by atoms with Gasteiger partial charge in [-0.05, 0) is 90.3 Å². The van der Waals surface area contributed by atoms with Crippen LogP contribution in [-0.2, 0) is 26.5 Å². The van der Waals surface area contributed by atoms with E-state index in [4.69, 9.17) is 15.2 Å². The normalized spacial score (nSPS) is 14.9. The lowest BCUT2D eigenvalue weighted by atomic mass is 9.95. The van der Waals surface area contributed by atoms with Gasteiger partial charge < -0.3 is 15.2 Å². The van der Waals surface area contributed by atoms with Gasteiger partial charge in [0.25, 0.3) is 0 Å². The average molecular weight is 654 g/mol. The first-order valence-corrected chi connectivity index (χ1v) is 16.0. The van der Waals surface area contributed by atoms with Crippen LogP contribution in [-0.4, -0.2) is 42.6 Å². The van der Waals surface area contributed by atoms with E-state index in [2.05, 4.69) is 27.8 Å². The number of nitrogen functional groups attached to an aromatic ring is 1. The smallest absolute Gasteiger partial charge is 0.348 e. The lowest BCUT2D eigenvalue weighted by Gasteiger charge is -2.28. The fraction of sp³-hybridized carbons (Fsp3) is 0.429. The third-order valence-corrected chi connectivity index (χ3v) is 8.90. The maximum absolute atomic E-state index is 15.3. The van der Waals surface area contributed by atoms with Crippen LogP contribution in [0, 0.1) is 0 Å². The van der Waals surface area contributed by atoms with Crippen molar-refractivity contribution in [3.05, 3.63) is 87.9 Å². The number of unbranched alkanes of at least 4 members (excludes halogenated alkanes) is 2. The molecule has 43 heavy (non-hydrogen) atoms. The molecule has 0 heterocycles.